The first-order valence-electron chi connectivity index (χ1n) is 8.70. The van der Waals surface area contributed by atoms with Crippen LogP contribution in [0.3, 0.4) is 0 Å². The number of pyridine rings is 1. The van der Waals surface area contributed by atoms with Gasteiger partial charge in [-0.2, -0.15) is 0 Å². The van der Waals surface area contributed by atoms with E-state index in [0.717, 1.165) is 28.8 Å². The summed E-state index contributed by atoms with van der Waals surface area (Å²) in [6.07, 6.45) is 0.836. The number of benzene rings is 2. The van der Waals surface area contributed by atoms with Gasteiger partial charge in [-0.3, -0.25) is 14.7 Å². The summed E-state index contributed by atoms with van der Waals surface area (Å²) in [6, 6.07) is 12.5. The number of fused-ring (bicyclic) bond motifs is 5. The van der Waals surface area contributed by atoms with Gasteiger partial charge in [-0.05, 0) is 31.5 Å². The summed E-state index contributed by atoms with van der Waals surface area (Å²) in [5.41, 5.74) is 4.69. The summed E-state index contributed by atoms with van der Waals surface area (Å²) in [4.78, 5) is 24.2. The van der Waals surface area contributed by atoms with E-state index in [2.05, 4.69) is 4.99 Å². The number of nitrogens with zero attached hydrogens (tertiary/aromatic N) is 3. The van der Waals surface area contributed by atoms with Crippen LogP contribution in [0.15, 0.2) is 47.5 Å². The highest BCUT2D eigenvalue weighted by Crippen LogP contribution is 2.37. The average Bonchev–Trinajstić information content (AvgIpc) is 2.96. The summed E-state index contributed by atoms with van der Waals surface area (Å²) in [5.74, 6) is 0.194. The Balaban J connectivity index is 1.90. The third-order valence-corrected chi connectivity index (χ3v) is 5.01. The molecule has 128 valence electrons. The summed E-state index contributed by atoms with van der Waals surface area (Å²) >= 11 is 0. The SMILES string of the molecule is Cc1ccc(-c2nc3ccc(F)cc3c3c2C2=NCCCN2C3=O)cc1. The largest absolute Gasteiger partial charge is 0.292 e. The van der Waals surface area contributed by atoms with E-state index in [1.807, 2.05) is 31.2 Å². The smallest absolute Gasteiger partial charge is 0.260 e. The number of aliphatic imine (C=N–C) groups is 1. The van der Waals surface area contributed by atoms with Crippen LogP contribution in [0.4, 0.5) is 4.39 Å². The normalized spacial score (nSPS) is 15.8. The quantitative estimate of drug-likeness (QED) is 0.670. The maximum absolute atomic E-state index is 13.9. The van der Waals surface area contributed by atoms with Gasteiger partial charge in [-0.1, -0.05) is 29.8 Å². The van der Waals surface area contributed by atoms with E-state index in [4.69, 9.17) is 4.98 Å². The second-order valence-corrected chi connectivity index (χ2v) is 6.75. The maximum atomic E-state index is 13.9. The standard InChI is InChI=1S/C21H16FN3O/c1-12-3-5-13(6-4-12)19-18-17(15-11-14(22)7-8-16(15)24-19)21(26)25-10-2-9-23-20(18)25/h3-8,11H,2,9-10H2,1H3. The second-order valence-electron chi connectivity index (χ2n) is 6.75. The number of halogens is 1. The van der Waals surface area contributed by atoms with E-state index in [9.17, 15) is 9.18 Å². The fraction of sp³-hybridized carbons (Fsp3) is 0.190. The molecule has 2 aliphatic rings. The van der Waals surface area contributed by atoms with Crippen LogP contribution in [-0.4, -0.2) is 34.7 Å². The molecule has 0 fully saturated rings. The number of amidine groups is 1. The van der Waals surface area contributed by atoms with Crippen LogP contribution < -0.4 is 0 Å². The highest BCUT2D eigenvalue weighted by Gasteiger charge is 2.39. The number of hydrogen-bond donors (Lipinski definition) is 0. The highest BCUT2D eigenvalue weighted by molar-refractivity contribution is 6.30. The molecule has 0 unspecified atom stereocenters. The van der Waals surface area contributed by atoms with Crippen molar-refractivity contribution in [1.82, 2.24) is 9.88 Å². The van der Waals surface area contributed by atoms with Crippen LogP contribution >= 0.6 is 0 Å². The maximum Gasteiger partial charge on any atom is 0.260 e. The van der Waals surface area contributed by atoms with Crippen molar-refractivity contribution in [3.63, 3.8) is 0 Å². The number of rotatable bonds is 1. The van der Waals surface area contributed by atoms with E-state index < -0.39 is 0 Å². The molecule has 2 aliphatic heterocycles. The number of hydrogen-bond acceptors (Lipinski definition) is 3. The molecule has 3 heterocycles. The van der Waals surface area contributed by atoms with Crippen LogP contribution in [0, 0.1) is 12.7 Å². The van der Waals surface area contributed by atoms with Crippen molar-refractivity contribution in [2.45, 2.75) is 13.3 Å². The molecular formula is C21H16FN3O. The first-order valence-corrected chi connectivity index (χ1v) is 8.70. The Morgan fingerprint density at radius 1 is 1.08 bits per heavy atom. The lowest BCUT2D eigenvalue weighted by Gasteiger charge is -2.21. The molecule has 0 saturated heterocycles. The molecular weight excluding hydrogens is 329 g/mol. The third kappa shape index (κ3) is 2.10. The lowest BCUT2D eigenvalue weighted by atomic mass is 9.97. The van der Waals surface area contributed by atoms with Gasteiger partial charge in [0.1, 0.15) is 11.7 Å². The van der Waals surface area contributed by atoms with Gasteiger partial charge in [0.15, 0.2) is 0 Å². The molecule has 1 amide bonds. The van der Waals surface area contributed by atoms with Gasteiger partial charge >= 0.3 is 0 Å². The number of aromatic nitrogens is 1. The Hall–Kier alpha value is -3.08. The third-order valence-electron chi connectivity index (χ3n) is 5.01. The molecule has 4 nitrogen and oxygen atoms in total. The molecule has 0 aliphatic carbocycles. The van der Waals surface area contributed by atoms with Crippen LogP contribution in [0.5, 0.6) is 0 Å². The fourth-order valence-corrected chi connectivity index (χ4v) is 3.75. The van der Waals surface area contributed by atoms with E-state index >= 15 is 0 Å². The molecule has 3 aromatic rings. The van der Waals surface area contributed by atoms with Crippen molar-refractivity contribution >= 4 is 22.6 Å². The number of aryl methyl sites for hydroxylation is 1. The summed E-state index contributed by atoms with van der Waals surface area (Å²) in [6.45, 7) is 3.35. The fourth-order valence-electron chi connectivity index (χ4n) is 3.75. The number of carbonyl (C=O) groups excluding carboxylic acids is 1. The first-order chi connectivity index (χ1) is 12.6. The van der Waals surface area contributed by atoms with Crippen LogP contribution in [-0.2, 0) is 0 Å². The van der Waals surface area contributed by atoms with Crippen LogP contribution in [0.1, 0.15) is 27.9 Å². The van der Waals surface area contributed by atoms with Crippen molar-refractivity contribution < 1.29 is 9.18 Å². The van der Waals surface area contributed by atoms with Crippen molar-refractivity contribution in [2.75, 3.05) is 13.1 Å². The second kappa shape index (κ2) is 5.46. The molecule has 26 heavy (non-hydrogen) atoms. The molecule has 0 atom stereocenters. The van der Waals surface area contributed by atoms with Gasteiger partial charge in [0.25, 0.3) is 5.91 Å². The van der Waals surface area contributed by atoms with Crippen LogP contribution in [0.25, 0.3) is 22.2 Å². The lowest BCUT2D eigenvalue weighted by molar-refractivity contribution is 0.0857. The Kier molecular flexibility index (Phi) is 3.19. The van der Waals surface area contributed by atoms with E-state index in [1.165, 1.54) is 12.1 Å². The van der Waals surface area contributed by atoms with Crippen molar-refractivity contribution in [1.29, 1.82) is 0 Å². The van der Waals surface area contributed by atoms with Gasteiger partial charge in [0, 0.05) is 24.0 Å². The van der Waals surface area contributed by atoms with Gasteiger partial charge in [0.05, 0.1) is 22.3 Å². The van der Waals surface area contributed by atoms with Gasteiger partial charge in [-0.25, -0.2) is 9.37 Å². The molecule has 0 N–H and O–H groups in total. The first kappa shape index (κ1) is 15.2. The topological polar surface area (TPSA) is 45.6 Å². The zero-order valence-electron chi connectivity index (χ0n) is 14.3. The Labute approximate surface area is 150 Å². The number of carbonyl (C=O) groups is 1. The summed E-state index contributed by atoms with van der Waals surface area (Å²) in [5, 5.41) is 0.554. The molecule has 0 spiro atoms. The van der Waals surface area contributed by atoms with Gasteiger partial charge < -0.3 is 0 Å². The van der Waals surface area contributed by atoms with E-state index in [-0.39, 0.29) is 11.7 Å². The van der Waals surface area contributed by atoms with E-state index in [1.54, 1.807) is 11.0 Å². The summed E-state index contributed by atoms with van der Waals surface area (Å²) in [7, 11) is 0. The Morgan fingerprint density at radius 2 is 1.88 bits per heavy atom. The predicted molar refractivity (Wildman–Crippen MR) is 98.9 cm³/mol. The molecule has 2 aromatic carbocycles. The Bertz CT molecular complexity index is 1100. The van der Waals surface area contributed by atoms with Crippen molar-refractivity contribution in [3.05, 3.63) is 65.0 Å². The molecule has 0 radical (unpaired) electrons. The van der Waals surface area contributed by atoms with Gasteiger partial charge in [0.2, 0.25) is 0 Å². The predicted octanol–water partition coefficient (Wildman–Crippen LogP) is 3.96. The monoisotopic (exact) mass is 345 g/mol. The Morgan fingerprint density at radius 3 is 2.69 bits per heavy atom. The van der Waals surface area contributed by atoms with Gasteiger partial charge in [-0.15, -0.1) is 0 Å². The molecule has 5 rings (SSSR count). The molecule has 0 bridgehead atoms. The minimum Gasteiger partial charge on any atom is -0.292 e. The van der Waals surface area contributed by atoms with Crippen LogP contribution in [0.2, 0.25) is 0 Å². The molecule has 0 saturated carbocycles. The van der Waals surface area contributed by atoms with Crippen molar-refractivity contribution in [3.8, 4) is 11.3 Å². The number of amides is 1. The molecule has 1 aromatic heterocycles. The minimum atomic E-state index is -0.371. The van der Waals surface area contributed by atoms with Crippen molar-refractivity contribution in [2.24, 2.45) is 4.99 Å². The zero-order chi connectivity index (χ0) is 17.8. The average molecular weight is 345 g/mol. The highest BCUT2D eigenvalue weighted by atomic mass is 19.1. The lowest BCUT2D eigenvalue weighted by Crippen LogP contribution is -2.34. The minimum absolute atomic E-state index is 0.107. The van der Waals surface area contributed by atoms with E-state index in [0.29, 0.717) is 35.4 Å². The zero-order valence-corrected chi connectivity index (χ0v) is 14.3. The molecule has 5 heteroatoms. The summed E-state index contributed by atoms with van der Waals surface area (Å²) < 4.78 is 13.9.